The molecule has 0 aliphatic carbocycles. The van der Waals surface area contributed by atoms with Gasteiger partial charge in [-0.15, -0.1) is 0 Å². The smallest absolute Gasteiger partial charge is 0.292 e. The molecule has 0 N–H and O–H groups in total. The average molecular weight is 295 g/mol. The Balaban J connectivity index is 2.31. The lowest BCUT2D eigenvalue weighted by Gasteiger charge is -2.04. The maximum atomic E-state index is 13.0. The molecule has 0 bridgehead atoms. The maximum Gasteiger partial charge on any atom is 0.348 e. The van der Waals surface area contributed by atoms with E-state index < -0.39 is 40.3 Å². The topological polar surface area (TPSA) is 95.1 Å². The third-order valence-corrected chi connectivity index (χ3v) is 2.61. The lowest BCUT2D eigenvalue weighted by molar-refractivity contribution is -0.385. The van der Waals surface area contributed by atoms with Gasteiger partial charge in [0.05, 0.1) is 17.7 Å². The van der Waals surface area contributed by atoms with Crippen molar-refractivity contribution in [3.05, 3.63) is 68.4 Å². The number of nitrogens with zero attached hydrogens (tertiary/aromatic N) is 3. The van der Waals surface area contributed by atoms with Crippen LogP contribution in [0.2, 0.25) is 0 Å². The first-order valence-electron chi connectivity index (χ1n) is 5.57. The van der Waals surface area contributed by atoms with E-state index in [1.165, 1.54) is 0 Å². The monoisotopic (exact) mass is 295 g/mol. The molecular formula is C12H7F2N3O4. The normalized spacial score (nSPS) is 10.4. The van der Waals surface area contributed by atoms with E-state index in [0.717, 1.165) is 29.1 Å². The third-order valence-electron chi connectivity index (χ3n) is 2.61. The Bertz CT molecular complexity index is 788. The average Bonchev–Trinajstić information content (AvgIpc) is 2.43. The van der Waals surface area contributed by atoms with Crippen LogP contribution in [0, 0.1) is 21.7 Å². The first-order valence-corrected chi connectivity index (χ1v) is 5.57. The van der Waals surface area contributed by atoms with E-state index in [1.54, 1.807) is 0 Å². The summed E-state index contributed by atoms with van der Waals surface area (Å²) in [5.41, 5.74) is -1.49. The Labute approximate surface area is 115 Å². The molecule has 2 aromatic rings. The number of Topliss-reactive ketones (excluding diaryl/α,β-unsaturated/α-hetero) is 1. The van der Waals surface area contributed by atoms with Crippen molar-refractivity contribution >= 4 is 11.5 Å². The van der Waals surface area contributed by atoms with Crippen LogP contribution in [0.25, 0.3) is 0 Å². The van der Waals surface area contributed by atoms with Crippen LogP contribution in [0.4, 0.5) is 14.5 Å². The van der Waals surface area contributed by atoms with Crippen molar-refractivity contribution in [1.82, 2.24) is 9.55 Å². The Morgan fingerprint density at radius 3 is 2.67 bits per heavy atom. The molecule has 0 amide bonds. The van der Waals surface area contributed by atoms with Gasteiger partial charge in [-0.2, -0.15) is 4.98 Å². The Hall–Kier alpha value is -2.97. The van der Waals surface area contributed by atoms with Gasteiger partial charge in [0.25, 0.3) is 0 Å². The number of hydrogen-bond acceptors (Lipinski definition) is 5. The minimum atomic E-state index is -1.20. The van der Waals surface area contributed by atoms with E-state index in [-0.39, 0.29) is 5.56 Å². The summed E-state index contributed by atoms with van der Waals surface area (Å²) in [6.07, 6.45) is 1.62. The molecule has 0 atom stereocenters. The van der Waals surface area contributed by atoms with E-state index in [1.807, 2.05) is 0 Å². The molecule has 108 valence electrons. The summed E-state index contributed by atoms with van der Waals surface area (Å²) < 4.78 is 26.5. The van der Waals surface area contributed by atoms with Gasteiger partial charge >= 0.3 is 11.4 Å². The fourth-order valence-electron chi connectivity index (χ4n) is 1.57. The second-order valence-electron chi connectivity index (χ2n) is 4.03. The van der Waals surface area contributed by atoms with Crippen molar-refractivity contribution < 1.29 is 18.5 Å². The van der Waals surface area contributed by atoms with Crippen molar-refractivity contribution in [2.45, 2.75) is 6.54 Å². The Kier molecular flexibility index (Phi) is 3.83. The standard InChI is InChI=1S/C12H7F2N3O4/c13-9-2-1-7(3-10(9)14)11(18)6-16-5-8(17(20)21)4-15-12(16)19/h1-5H,6H2. The third kappa shape index (κ3) is 3.14. The highest BCUT2D eigenvalue weighted by Crippen LogP contribution is 2.11. The number of benzene rings is 1. The zero-order valence-electron chi connectivity index (χ0n) is 10.3. The molecule has 0 radical (unpaired) electrons. The van der Waals surface area contributed by atoms with Crippen LogP contribution in [-0.4, -0.2) is 20.3 Å². The Morgan fingerprint density at radius 2 is 2.05 bits per heavy atom. The van der Waals surface area contributed by atoms with Crippen LogP contribution in [0.3, 0.4) is 0 Å². The number of hydrogen-bond donors (Lipinski definition) is 0. The van der Waals surface area contributed by atoms with Gasteiger partial charge < -0.3 is 0 Å². The van der Waals surface area contributed by atoms with Crippen LogP contribution in [0.5, 0.6) is 0 Å². The summed E-state index contributed by atoms with van der Waals surface area (Å²) >= 11 is 0. The molecule has 21 heavy (non-hydrogen) atoms. The number of halogens is 2. The van der Waals surface area contributed by atoms with Crippen LogP contribution in [0.15, 0.2) is 35.4 Å². The maximum absolute atomic E-state index is 13.0. The largest absolute Gasteiger partial charge is 0.348 e. The van der Waals surface area contributed by atoms with Crippen molar-refractivity contribution in [1.29, 1.82) is 0 Å². The van der Waals surface area contributed by atoms with E-state index >= 15 is 0 Å². The SMILES string of the molecule is O=C(Cn1cc([N+](=O)[O-])cnc1=O)c1ccc(F)c(F)c1. The van der Waals surface area contributed by atoms with E-state index in [4.69, 9.17) is 0 Å². The summed E-state index contributed by atoms with van der Waals surface area (Å²) in [6.45, 7) is -0.571. The van der Waals surface area contributed by atoms with Crippen molar-refractivity contribution in [2.75, 3.05) is 0 Å². The van der Waals surface area contributed by atoms with Crippen molar-refractivity contribution in [3.63, 3.8) is 0 Å². The van der Waals surface area contributed by atoms with Gasteiger partial charge in [-0.25, -0.2) is 13.6 Å². The highest BCUT2D eigenvalue weighted by Gasteiger charge is 2.14. The van der Waals surface area contributed by atoms with E-state index in [2.05, 4.69) is 4.98 Å². The van der Waals surface area contributed by atoms with Crippen molar-refractivity contribution in [2.24, 2.45) is 0 Å². The van der Waals surface area contributed by atoms with Crippen LogP contribution < -0.4 is 5.69 Å². The number of ketones is 1. The van der Waals surface area contributed by atoms with Crippen molar-refractivity contribution in [3.8, 4) is 0 Å². The van der Waals surface area contributed by atoms with Gasteiger partial charge in [-0.05, 0) is 18.2 Å². The summed E-state index contributed by atoms with van der Waals surface area (Å²) in [5.74, 6) is -3.02. The predicted molar refractivity (Wildman–Crippen MR) is 65.8 cm³/mol. The number of rotatable bonds is 4. The first-order chi connectivity index (χ1) is 9.88. The Morgan fingerprint density at radius 1 is 1.33 bits per heavy atom. The number of nitro groups is 1. The highest BCUT2D eigenvalue weighted by molar-refractivity contribution is 5.95. The van der Waals surface area contributed by atoms with E-state index in [0.29, 0.717) is 6.07 Å². The van der Waals surface area contributed by atoms with Gasteiger partial charge in [0.1, 0.15) is 6.20 Å². The molecule has 0 fully saturated rings. The molecule has 2 rings (SSSR count). The van der Waals surface area contributed by atoms with Gasteiger partial charge in [0, 0.05) is 5.56 Å². The second-order valence-corrected chi connectivity index (χ2v) is 4.03. The molecule has 0 spiro atoms. The summed E-state index contributed by atoms with van der Waals surface area (Å²) in [5, 5.41) is 10.6. The van der Waals surface area contributed by atoms with Gasteiger partial charge in [-0.3, -0.25) is 19.5 Å². The summed E-state index contributed by atoms with van der Waals surface area (Å²) in [7, 11) is 0. The molecule has 9 heteroatoms. The molecule has 7 nitrogen and oxygen atoms in total. The molecule has 0 aliphatic heterocycles. The molecule has 1 aromatic carbocycles. The zero-order valence-corrected chi connectivity index (χ0v) is 10.3. The number of carbonyl (C=O) groups excluding carboxylic acids is 1. The molecular weight excluding hydrogens is 288 g/mol. The number of carbonyl (C=O) groups is 1. The molecule has 0 aliphatic rings. The quantitative estimate of drug-likeness (QED) is 0.481. The van der Waals surface area contributed by atoms with Crippen LogP contribution >= 0.6 is 0 Å². The van der Waals surface area contributed by atoms with Gasteiger partial charge in [-0.1, -0.05) is 0 Å². The highest BCUT2D eigenvalue weighted by atomic mass is 19.2. The van der Waals surface area contributed by atoms with Gasteiger partial charge in [0.2, 0.25) is 0 Å². The molecule has 1 heterocycles. The minimum absolute atomic E-state index is 0.160. The van der Waals surface area contributed by atoms with Crippen LogP contribution in [0.1, 0.15) is 10.4 Å². The lowest BCUT2D eigenvalue weighted by atomic mass is 10.1. The summed E-state index contributed by atoms with van der Waals surface area (Å²) in [6, 6.07) is 2.51. The molecule has 1 aromatic heterocycles. The molecule has 0 saturated carbocycles. The second kappa shape index (κ2) is 5.57. The number of aromatic nitrogens is 2. The summed E-state index contributed by atoms with van der Waals surface area (Å²) in [4.78, 5) is 36.4. The lowest BCUT2D eigenvalue weighted by Crippen LogP contribution is -2.26. The van der Waals surface area contributed by atoms with Crippen LogP contribution in [-0.2, 0) is 6.54 Å². The fraction of sp³-hybridized carbons (Fsp3) is 0.0833. The van der Waals surface area contributed by atoms with E-state index in [9.17, 15) is 28.5 Å². The fourth-order valence-corrected chi connectivity index (χ4v) is 1.57. The zero-order chi connectivity index (χ0) is 15.6. The minimum Gasteiger partial charge on any atom is -0.292 e. The predicted octanol–water partition coefficient (Wildman–Crippen LogP) is 1.31. The first kappa shape index (κ1) is 14.4. The van der Waals surface area contributed by atoms with Gasteiger partial charge in [0.15, 0.2) is 17.4 Å². The molecule has 0 unspecified atom stereocenters. The molecule has 0 saturated heterocycles.